The van der Waals surface area contributed by atoms with Crippen LogP contribution in [0.3, 0.4) is 0 Å². The van der Waals surface area contributed by atoms with Crippen molar-refractivity contribution < 1.29 is 24.5 Å². The number of aliphatic hydroxyl groups is 1. The van der Waals surface area contributed by atoms with Crippen LogP contribution in [0.1, 0.15) is 12.8 Å². The summed E-state index contributed by atoms with van der Waals surface area (Å²) in [7, 11) is 0. The van der Waals surface area contributed by atoms with E-state index in [0.717, 1.165) is 12.8 Å². The Bertz CT molecular complexity index is 345. The zero-order chi connectivity index (χ0) is 13.8. The zero-order valence-corrected chi connectivity index (χ0v) is 10.8. The maximum Gasteiger partial charge on any atom is 0.323 e. The Kier molecular flexibility index (Phi) is 4.60. The molecule has 1 saturated heterocycles. The van der Waals surface area contributed by atoms with Crippen LogP contribution in [-0.4, -0.2) is 77.5 Å². The van der Waals surface area contributed by atoms with E-state index >= 15 is 0 Å². The molecule has 2 amide bonds. The summed E-state index contributed by atoms with van der Waals surface area (Å²) in [6, 6.07) is -0.268. The summed E-state index contributed by atoms with van der Waals surface area (Å²) in [5, 5.41) is 17.9. The molecule has 2 aliphatic rings. The van der Waals surface area contributed by atoms with Gasteiger partial charge in [0, 0.05) is 13.1 Å². The van der Waals surface area contributed by atoms with Gasteiger partial charge in [0.15, 0.2) is 0 Å². The number of carbonyl (C=O) groups is 2. The van der Waals surface area contributed by atoms with Gasteiger partial charge in [0.2, 0.25) is 0 Å². The van der Waals surface area contributed by atoms with Crippen LogP contribution < -0.4 is 0 Å². The number of carbonyl (C=O) groups excluding carboxylic acids is 1. The molecule has 2 rings (SSSR count). The lowest BCUT2D eigenvalue weighted by Gasteiger charge is -2.35. The van der Waals surface area contributed by atoms with E-state index < -0.39 is 5.97 Å². The van der Waals surface area contributed by atoms with Gasteiger partial charge in [-0.1, -0.05) is 0 Å². The second kappa shape index (κ2) is 6.21. The normalized spacial score (nSPS) is 23.2. The monoisotopic (exact) mass is 272 g/mol. The number of urea groups is 1. The number of ether oxygens (including phenoxy) is 1. The van der Waals surface area contributed by atoms with E-state index in [9.17, 15) is 9.59 Å². The van der Waals surface area contributed by atoms with Crippen LogP contribution in [0.15, 0.2) is 0 Å². The van der Waals surface area contributed by atoms with E-state index in [1.165, 1.54) is 4.90 Å². The van der Waals surface area contributed by atoms with Crippen LogP contribution in [0.4, 0.5) is 4.79 Å². The lowest BCUT2D eigenvalue weighted by atomic mass is 10.3. The van der Waals surface area contributed by atoms with Gasteiger partial charge in [-0.2, -0.15) is 0 Å². The number of aliphatic carboxylic acids is 1. The van der Waals surface area contributed by atoms with Crippen molar-refractivity contribution in [2.45, 2.75) is 18.9 Å². The minimum absolute atomic E-state index is 0.134. The average molecular weight is 272 g/mol. The number of amides is 2. The van der Waals surface area contributed by atoms with E-state index in [-0.39, 0.29) is 25.3 Å². The van der Waals surface area contributed by atoms with Crippen molar-refractivity contribution in [3.05, 3.63) is 0 Å². The predicted octanol–water partition coefficient (Wildman–Crippen LogP) is -0.404. The van der Waals surface area contributed by atoms with Crippen LogP contribution >= 0.6 is 0 Å². The summed E-state index contributed by atoms with van der Waals surface area (Å²) in [4.78, 5) is 26.1. The van der Waals surface area contributed by atoms with Crippen molar-refractivity contribution >= 4 is 12.0 Å². The summed E-state index contributed by atoms with van der Waals surface area (Å²) >= 11 is 0. The molecular formula is C12H20N2O5. The molecule has 2 fully saturated rings. The fourth-order valence-corrected chi connectivity index (χ4v) is 2.19. The molecule has 1 heterocycles. The van der Waals surface area contributed by atoms with Gasteiger partial charge in [0.05, 0.1) is 25.9 Å². The molecule has 0 bridgehead atoms. The third-order valence-electron chi connectivity index (χ3n) is 3.39. The van der Waals surface area contributed by atoms with Crippen LogP contribution in [0.2, 0.25) is 0 Å². The number of hydrogen-bond acceptors (Lipinski definition) is 4. The second-order valence-electron chi connectivity index (χ2n) is 5.12. The lowest BCUT2D eigenvalue weighted by Crippen LogP contribution is -2.53. The molecule has 2 N–H and O–H groups in total. The Hall–Kier alpha value is -1.34. The van der Waals surface area contributed by atoms with Crippen LogP contribution in [-0.2, 0) is 9.53 Å². The van der Waals surface area contributed by atoms with E-state index in [1.54, 1.807) is 4.90 Å². The Morgan fingerprint density at radius 1 is 1.37 bits per heavy atom. The second-order valence-corrected chi connectivity index (χ2v) is 5.12. The molecule has 1 aliphatic heterocycles. The first kappa shape index (κ1) is 14.1. The average Bonchev–Trinajstić information content (AvgIpc) is 3.20. The quantitative estimate of drug-likeness (QED) is 0.710. The Morgan fingerprint density at radius 3 is 2.68 bits per heavy atom. The minimum atomic E-state index is -0.999. The van der Waals surface area contributed by atoms with Gasteiger partial charge in [-0.25, -0.2) is 4.79 Å². The largest absolute Gasteiger partial charge is 0.480 e. The Morgan fingerprint density at radius 2 is 2.11 bits per heavy atom. The SMILES string of the molecule is O=C(O)CN(CC1CC1)C(=O)N1CCOC(CO)C1. The number of carboxylic acids is 1. The highest BCUT2D eigenvalue weighted by molar-refractivity contribution is 5.80. The van der Waals surface area contributed by atoms with Crippen molar-refractivity contribution in [3.63, 3.8) is 0 Å². The number of nitrogens with zero attached hydrogens (tertiary/aromatic N) is 2. The molecule has 0 aromatic carbocycles. The standard InChI is InChI=1S/C12H20N2O5/c15-8-10-6-13(3-4-19-10)12(18)14(7-11(16)17)5-9-1-2-9/h9-10,15H,1-8H2,(H,16,17). The predicted molar refractivity (Wildman–Crippen MR) is 65.7 cm³/mol. The van der Waals surface area contributed by atoms with Crippen molar-refractivity contribution in [2.75, 3.05) is 39.4 Å². The van der Waals surface area contributed by atoms with Crippen LogP contribution in [0.5, 0.6) is 0 Å². The summed E-state index contributed by atoms with van der Waals surface area (Å²) in [6.45, 7) is 1.24. The molecule has 0 spiro atoms. The molecule has 7 nitrogen and oxygen atoms in total. The molecule has 0 radical (unpaired) electrons. The van der Waals surface area contributed by atoms with E-state index in [1.807, 2.05) is 0 Å². The number of rotatable bonds is 5. The number of hydrogen-bond donors (Lipinski definition) is 2. The highest BCUT2D eigenvalue weighted by atomic mass is 16.5. The smallest absolute Gasteiger partial charge is 0.323 e. The maximum atomic E-state index is 12.3. The number of morpholine rings is 1. The zero-order valence-electron chi connectivity index (χ0n) is 10.8. The number of aliphatic hydroxyl groups excluding tert-OH is 1. The molecule has 19 heavy (non-hydrogen) atoms. The molecule has 1 unspecified atom stereocenters. The molecular weight excluding hydrogens is 252 g/mol. The first-order valence-electron chi connectivity index (χ1n) is 6.58. The first-order chi connectivity index (χ1) is 9.10. The molecule has 108 valence electrons. The Labute approximate surface area is 111 Å². The van der Waals surface area contributed by atoms with Gasteiger partial charge in [0.1, 0.15) is 6.54 Å². The summed E-state index contributed by atoms with van der Waals surface area (Å²) in [5.74, 6) is -0.557. The summed E-state index contributed by atoms with van der Waals surface area (Å²) in [6.07, 6.45) is 1.75. The van der Waals surface area contributed by atoms with Crippen LogP contribution in [0, 0.1) is 5.92 Å². The van der Waals surface area contributed by atoms with Crippen molar-refractivity contribution in [2.24, 2.45) is 5.92 Å². The maximum absolute atomic E-state index is 12.3. The number of carboxylic acid groups (broad SMARTS) is 1. The first-order valence-corrected chi connectivity index (χ1v) is 6.58. The topological polar surface area (TPSA) is 90.3 Å². The van der Waals surface area contributed by atoms with Crippen LogP contribution in [0.25, 0.3) is 0 Å². The summed E-state index contributed by atoms with van der Waals surface area (Å²) < 4.78 is 5.28. The van der Waals surface area contributed by atoms with Gasteiger partial charge in [-0.15, -0.1) is 0 Å². The fraction of sp³-hybridized carbons (Fsp3) is 0.833. The third-order valence-corrected chi connectivity index (χ3v) is 3.39. The molecule has 1 aliphatic carbocycles. The van der Waals surface area contributed by atoms with E-state index in [2.05, 4.69) is 0 Å². The summed E-state index contributed by atoms with van der Waals surface area (Å²) in [5.41, 5.74) is 0. The third kappa shape index (κ3) is 4.07. The van der Waals surface area contributed by atoms with Gasteiger partial charge >= 0.3 is 12.0 Å². The molecule has 0 aromatic rings. The van der Waals surface area contributed by atoms with Gasteiger partial charge in [-0.3, -0.25) is 4.79 Å². The van der Waals surface area contributed by atoms with Gasteiger partial charge in [-0.05, 0) is 18.8 Å². The van der Waals surface area contributed by atoms with Gasteiger partial charge in [0.25, 0.3) is 0 Å². The van der Waals surface area contributed by atoms with Crippen molar-refractivity contribution in [1.82, 2.24) is 9.80 Å². The van der Waals surface area contributed by atoms with Crippen molar-refractivity contribution in [3.8, 4) is 0 Å². The fourth-order valence-electron chi connectivity index (χ4n) is 2.19. The molecule has 1 atom stereocenters. The highest BCUT2D eigenvalue weighted by Gasteiger charge is 2.32. The molecule has 0 aromatic heterocycles. The molecule has 7 heteroatoms. The highest BCUT2D eigenvalue weighted by Crippen LogP contribution is 2.30. The molecule has 1 saturated carbocycles. The van der Waals surface area contributed by atoms with E-state index in [4.69, 9.17) is 14.9 Å². The van der Waals surface area contributed by atoms with Gasteiger partial charge < -0.3 is 24.7 Å². The lowest BCUT2D eigenvalue weighted by molar-refractivity contribution is -0.137. The Balaban J connectivity index is 1.94. The van der Waals surface area contributed by atoms with E-state index in [0.29, 0.717) is 32.2 Å². The minimum Gasteiger partial charge on any atom is -0.480 e. The van der Waals surface area contributed by atoms with Crippen molar-refractivity contribution in [1.29, 1.82) is 0 Å².